The summed E-state index contributed by atoms with van der Waals surface area (Å²) in [7, 11) is -2.06. The molecule has 0 atom stereocenters. The van der Waals surface area contributed by atoms with Gasteiger partial charge in [-0.05, 0) is 0 Å². The Labute approximate surface area is 139 Å². The molecule has 0 aromatic rings. The van der Waals surface area contributed by atoms with Crippen molar-refractivity contribution >= 4 is 8.32 Å². The van der Waals surface area contributed by atoms with Gasteiger partial charge in [-0.2, -0.15) is 0 Å². The molecular formula is C15H36O4SiZr. The monoisotopic (exact) mass is 398 g/mol. The van der Waals surface area contributed by atoms with Gasteiger partial charge in [0.15, 0.2) is 0 Å². The van der Waals surface area contributed by atoms with Gasteiger partial charge in [0.1, 0.15) is 0 Å². The van der Waals surface area contributed by atoms with E-state index in [1.165, 1.54) is 0 Å². The van der Waals surface area contributed by atoms with Crippen molar-refractivity contribution in [3.05, 3.63) is 0 Å². The van der Waals surface area contributed by atoms with Crippen LogP contribution >= 0.6 is 0 Å². The fourth-order valence-corrected chi connectivity index (χ4v) is 21.6. The molecule has 0 radical (unpaired) electrons. The minimum absolute atomic E-state index is 0.495. The van der Waals surface area contributed by atoms with Gasteiger partial charge >= 0.3 is 140 Å². The second kappa shape index (κ2) is 9.94. The summed E-state index contributed by atoms with van der Waals surface area (Å²) in [6.07, 6.45) is 0. The van der Waals surface area contributed by atoms with Crippen LogP contribution in [0.3, 0.4) is 0 Å². The molecule has 0 bridgehead atoms. The Kier molecular flexibility index (Phi) is 10.4. The van der Waals surface area contributed by atoms with Crippen LogP contribution < -0.4 is 0 Å². The van der Waals surface area contributed by atoms with E-state index in [2.05, 4.69) is 41.5 Å². The third-order valence-corrected chi connectivity index (χ3v) is 19.2. The van der Waals surface area contributed by atoms with Crippen molar-refractivity contribution in [1.29, 1.82) is 0 Å². The molecule has 0 aromatic heterocycles. The first-order valence-electron chi connectivity index (χ1n) is 8.34. The van der Waals surface area contributed by atoms with Crippen molar-refractivity contribution in [2.24, 2.45) is 0 Å². The van der Waals surface area contributed by atoms with Crippen molar-refractivity contribution in [1.82, 2.24) is 0 Å². The summed E-state index contributed by atoms with van der Waals surface area (Å²) in [4.78, 5) is 0. The van der Waals surface area contributed by atoms with Crippen LogP contribution in [0, 0.1) is 0 Å². The van der Waals surface area contributed by atoms with E-state index in [1.807, 2.05) is 20.8 Å². The van der Waals surface area contributed by atoms with E-state index in [9.17, 15) is 0 Å². The molecule has 0 amide bonds. The first kappa shape index (κ1) is 21.9. The van der Waals surface area contributed by atoms with Gasteiger partial charge in [0.2, 0.25) is 0 Å². The number of rotatable bonds is 11. The third-order valence-electron chi connectivity index (χ3n) is 3.97. The minimum atomic E-state index is -3.93. The molecule has 0 aromatic carbocycles. The number of hydrogen-bond acceptors (Lipinski definition) is 4. The zero-order chi connectivity index (χ0) is 16.7. The molecule has 0 aliphatic rings. The van der Waals surface area contributed by atoms with Gasteiger partial charge in [-0.25, -0.2) is 0 Å². The zero-order valence-corrected chi connectivity index (χ0v) is 18.9. The van der Waals surface area contributed by atoms with Crippen molar-refractivity contribution in [3.63, 3.8) is 0 Å². The van der Waals surface area contributed by atoms with Crippen molar-refractivity contribution in [2.45, 2.75) is 78.9 Å². The Balaban J connectivity index is 5.66. The predicted molar refractivity (Wildman–Crippen MR) is 87.0 cm³/mol. The van der Waals surface area contributed by atoms with E-state index in [-0.39, 0.29) is 0 Å². The maximum atomic E-state index is 6.81. The van der Waals surface area contributed by atoms with Crippen LogP contribution in [0.25, 0.3) is 0 Å². The van der Waals surface area contributed by atoms with Crippen LogP contribution in [-0.4, -0.2) is 28.1 Å². The van der Waals surface area contributed by atoms with Crippen LogP contribution in [0.1, 0.15) is 62.3 Å². The number of hydrogen-bond donors (Lipinski definition) is 0. The summed E-state index contributed by atoms with van der Waals surface area (Å²) in [5.74, 6) is 0. The molecule has 0 unspecified atom stereocenters. The van der Waals surface area contributed by atoms with Crippen LogP contribution in [0.2, 0.25) is 16.6 Å². The predicted octanol–water partition coefficient (Wildman–Crippen LogP) is 5.10. The fraction of sp³-hybridized carbons (Fsp3) is 1.00. The van der Waals surface area contributed by atoms with E-state index in [4.69, 9.17) is 10.9 Å². The summed E-state index contributed by atoms with van der Waals surface area (Å²) >= 11 is -3.93. The van der Waals surface area contributed by atoms with Crippen molar-refractivity contribution in [3.8, 4) is 0 Å². The molecular weight excluding hydrogens is 363 g/mol. The van der Waals surface area contributed by atoms with Crippen molar-refractivity contribution < 1.29 is 33.0 Å². The van der Waals surface area contributed by atoms with E-state index in [1.54, 1.807) is 0 Å². The topological polar surface area (TPSA) is 36.9 Å². The van der Waals surface area contributed by atoms with Crippen LogP contribution in [-0.2, 0) is 33.0 Å². The van der Waals surface area contributed by atoms with Crippen LogP contribution in [0.4, 0.5) is 0 Å². The standard InChI is InChI=1S/C9H21OSi.3C2H5O.Zr/c1-7(2)11(10,8(3)4)9(5)6;3*1-2-3;/h7-9H,1-6H3;3*2H2,1H3;/q4*-1;+4. The zero-order valence-electron chi connectivity index (χ0n) is 15.5. The Morgan fingerprint density at radius 3 is 1.14 bits per heavy atom. The molecule has 0 spiro atoms. The average molecular weight is 400 g/mol. The summed E-state index contributed by atoms with van der Waals surface area (Å²) in [5, 5.41) is 0. The molecule has 0 saturated carbocycles. The molecule has 0 aliphatic carbocycles. The average Bonchev–Trinajstić information content (AvgIpc) is 2.35. The molecule has 0 fully saturated rings. The van der Waals surface area contributed by atoms with E-state index in [0.717, 1.165) is 0 Å². The van der Waals surface area contributed by atoms with Crippen molar-refractivity contribution in [2.75, 3.05) is 19.8 Å². The van der Waals surface area contributed by atoms with Gasteiger partial charge in [0.25, 0.3) is 0 Å². The summed E-state index contributed by atoms with van der Waals surface area (Å²) in [5.41, 5.74) is 1.49. The molecule has 0 aliphatic heterocycles. The third kappa shape index (κ3) is 5.50. The second-order valence-electron chi connectivity index (χ2n) is 6.22. The van der Waals surface area contributed by atoms with E-state index in [0.29, 0.717) is 36.4 Å². The van der Waals surface area contributed by atoms with E-state index >= 15 is 0 Å². The van der Waals surface area contributed by atoms with E-state index < -0.39 is 30.3 Å². The molecule has 21 heavy (non-hydrogen) atoms. The normalized spacial score (nSPS) is 13.7. The SMILES string of the molecule is CC[O][Zr]([O]CC)([O]CC)[O][Si](C(C)C)(C(C)C)C(C)C. The quantitative estimate of drug-likeness (QED) is 0.453. The Hall–Kier alpha value is 0.940. The van der Waals surface area contributed by atoms with Gasteiger partial charge in [-0.3, -0.25) is 0 Å². The summed E-state index contributed by atoms with van der Waals surface area (Å²) < 4.78 is 24.8. The molecule has 6 heteroatoms. The van der Waals surface area contributed by atoms with Gasteiger partial charge in [-0.1, -0.05) is 0 Å². The van der Waals surface area contributed by atoms with Gasteiger partial charge < -0.3 is 0 Å². The summed E-state index contributed by atoms with van der Waals surface area (Å²) in [6.45, 7) is 21.3. The first-order chi connectivity index (χ1) is 9.72. The Morgan fingerprint density at radius 2 is 0.952 bits per heavy atom. The summed E-state index contributed by atoms with van der Waals surface area (Å²) in [6, 6.07) is 0. The fourth-order valence-electron chi connectivity index (χ4n) is 3.31. The Bertz CT molecular complexity index is 246. The van der Waals surface area contributed by atoms with Crippen LogP contribution in [0.15, 0.2) is 0 Å². The molecule has 0 saturated heterocycles. The molecule has 0 N–H and O–H groups in total. The van der Waals surface area contributed by atoms with Gasteiger partial charge in [0.05, 0.1) is 0 Å². The van der Waals surface area contributed by atoms with Crippen LogP contribution in [0.5, 0.6) is 0 Å². The molecule has 0 rings (SSSR count). The molecule has 4 nitrogen and oxygen atoms in total. The molecule has 128 valence electrons. The van der Waals surface area contributed by atoms with Gasteiger partial charge in [-0.15, -0.1) is 0 Å². The second-order valence-corrected chi connectivity index (χ2v) is 17.7. The maximum absolute atomic E-state index is 6.81. The first-order valence-corrected chi connectivity index (χ1v) is 14.5. The van der Waals surface area contributed by atoms with Gasteiger partial charge in [0, 0.05) is 0 Å². The molecule has 0 heterocycles. The Morgan fingerprint density at radius 1 is 0.667 bits per heavy atom.